The summed E-state index contributed by atoms with van der Waals surface area (Å²) in [5.41, 5.74) is 4.51. The second kappa shape index (κ2) is 7.12. The molecule has 1 N–H and O–H groups in total. The van der Waals surface area contributed by atoms with Gasteiger partial charge in [-0.2, -0.15) is 0 Å². The summed E-state index contributed by atoms with van der Waals surface area (Å²) < 4.78 is 5.77. The Kier molecular flexibility index (Phi) is 5.21. The molecule has 0 saturated carbocycles. The number of hydrogen-bond acceptors (Lipinski definition) is 2. The third kappa shape index (κ3) is 4.10. The summed E-state index contributed by atoms with van der Waals surface area (Å²) in [6.07, 6.45) is -0.523. The molecule has 0 saturated heterocycles. The van der Waals surface area contributed by atoms with Crippen LogP contribution in [0.5, 0.6) is 5.75 Å². The molecule has 0 unspecified atom stereocenters. The van der Waals surface area contributed by atoms with E-state index in [-0.39, 0.29) is 5.91 Å². The van der Waals surface area contributed by atoms with Crippen LogP contribution in [0.2, 0.25) is 0 Å². The average Bonchev–Trinajstić information content (AvgIpc) is 2.49. The van der Waals surface area contributed by atoms with E-state index in [4.69, 9.17) is 4.74 Å². The molecular formula is C19H23NO2. The number of rotatable bonds is 5. The zero-order valence-corrected chi connectivity index (χ0v) is 13.6. The van der Waals surface area contributed by atoms with Gasteiger partial charge in [-0.15, -0.1) is 0 Å². The Morgan fingerprint density at radius 1 is 1.09 bits per heavy atom. The van der Waals surface area contributed by atoms with Crippen LogP contribution in [0.3, 0.4) is 0 Å². The van der Waals surface area contributed by atoms with Gasteiger partial charge in [0, 0.05) is 6.54 Å². The molecule has 0 aromatic heterocycles. The maximum Gasteiger partial charge on any atom is 0.261 e. The highest BCUT2D eigenvalue weighted by atomic mass is 16.5. The summed E-state index contributed by atoms with van der Waals surface area (Å²) >= 11 is 0. The normalized spacial score (nSPS) is 11.8. The van der Waals surface area contributed by atoms with Crippen molar-refractivity contribution in [2.45, 2.75) is 40.3 Å². The van der Waals surface area contributed by atoms with Crippen molar-refractivity contribution in [3.05, 3.63) is 64.7 Å². The minimum atomic E-state index is -0.523. The monoisotopic (exact) mass is 297 g/mol. The molecule has 22 heavy (non-hydrogen) atoms. The number of carbonyl (C=O) groups is 1. The first-order chi connectivity index (χ1) is 10.5. The molecule has 2 aromatic rings. The molecule has 0 fully saturated rings. The molecule has 116 valence electrons. The van der Waals surface area contributed by atoms with Gasteiger partial charge in [-0.05, 0) is 50.5 Å². The average molecular weight is 297 g/mol. The first kappa shape index (κ1) is 16.1. The number of carbonyl (C=O) groups excluding carboxylic acids is 1. The number of hydrogen-bond donors (Lipinski definition) is 1. The highest BCUT2D eigenvalue weighted by Gasteiger charge is 2.15. The summed E-state index contributed by atoms with van der Waals surface area (Å²) in [5, 5.41) is 2.93. The van der Waals surface area contributed by atoms with Gasteiger partial charge >= 0.3 is 0 Å². The Balaban J connectivity index is 1.93. The van der Waals surface area contributed by atoms with Gasteiger partial charge in [-0.25, -0.2) is 0 Å². The van der Waals surface area contributed by atoms with E-state index < -0.39 is 6.10 Å². The Morgan fingerprint density at radius 3 is 2.50 bits per heavy atom. The van der Waals surface area contributed by atoms with Gasteiger partial charge in [-0.3, -0.25) is 4.79 Å². The lowest BCUT2D eigenvalue weighted by Gasteiger charge is -2.17. The maximum absolute atomic E-state index is 12.2. The first-order valence-corrected chi connectivity index (χ1v) is 7.53. The molecule has 1 amide bonds. The molecule has 0 heterocycles. The van der Waals surface area contributed by atoms with Crippen LogP contribution >= 0.6 is 0 Å². The molecule has 1 atom stereocenters. The van der Waals surface area contributed by atoms with E-state index in [1.807, 2.05) is 63.2 Å². The van der Waals surface area contributed by atoms with Gasteiger partial charge in [0.1, 0.15) is 5.75 Å². The molecule has 3 heteroatoms. The predicted molar refractivity (Wildman–Crippen MR) is 89.0 cm³/mol. The van der Waals surface area contributed by atoms with Crippen molar-refractivity contribution in [1.29, 1.82) is 0 Å². The SMILES string of the molecule is Cc1ccc(O[C@@H](C)C(=O)NCc2ccccc2C)c(C)c1. The lowest BCUT2D eigenvalue weighted by Crippen LogP contribution is -2.36. The lowest BCUT2D eigenvalue weighted by atomic mass is 10.1. The fourth-order valence-electron chi connectivity index (χ4n) is 2.31. The van der Waals surface area contributed by atoms with E-state index >= 15 is 0 Å². The number of ether oxygens (including phenoxy) is 1. The Labute approximate surface area is 132 Å². The van der Waals surface area contributed by atoms with Crippen molar-refractivity contribution < 1.29 is 9.53 Å². The second-order valence-corrected chi connectivity index (χ2v) is 5.67. The number of benzene rings is 2. The highest BCUT2D eigenvalue weighted by molar-refractivity contribution is 5.80. The topological polar surface area (TPSA) is 38.3 Å². The highest BCUT2D eigenvalue weighted by Crippen LogP contribution is 2.20. The van der Waals surface area contributed by atoms with Crippen LogP contribution in [0.25, 0.3) is 0 Å². The second-order valence-electron chi connectivity index (χ2n) is 5.67. The zero-order chi connectivity index (χ0) is 16.1. The van der Waals surface area contributed by atoms with Crippen molar-refractivity contribution in [2.24, 2.45) is 0 Å². The largest absolute Gasteiger partial charge is 0.481 e. The van der Waals surface area contributed by atoms with Crippen molar-refractivity contribution in [3.8, 4) is 5.75 Å². The van der Waals surface area contributed by atoms with E-state index in [2.05, 4.69) is 5.32 Å². The van der Waals surface area contributed by atoms with Gasteiger partial charge in [0.2, 0.25) is 0 Å². The van der Waals surface area contributed by atoms with Gasteiger partial charge < -0.3 is 10.1 Å². The van der Waals surface area contributed by atoms with E-state index in [1.165, 1.54) is 11.1 Å². The third-order valence-electron chi connectivity index (χ3n) is 3.72. The molecule has 0 bridgehead atoms. The van der Waals surface area contributed by atoms with Crippen molar-refractivity contribution >= 4 is 5.91 Å². The fraction of sp³-hybridized carbons (Fsp3) is 0.316. The smallest absolute Gasteiger partial charge is 0.261 e. The third-order valence-corrected chi connectivity index (χ3v) is 3.72. The molecule has 2 aromatic carbocycles. The number of nitrogens with one attached hydrogen (secondary N) is 1. The molecule has 0 radical (unpaired) electrons. The van der Waals surface area contributed by atoms with Crippen LogP contribution in [0, 0.1) is 20.8 Å². The summed E-state index contributed by atoms with van der Waals surface area (Å²) in [6.45, 7) is 8.35. The van der Waals surface area contributed by atoms with Crippen LogP contribution in [0.1, 0.15) is 29.2 Å². The van der Waals surface area contributed by atoms with E-state index in [0.717, 1.165) is 16.9 Å². The zero-order valence-electron chi connectivity index (χ0n) is 13.6. The minimum absolute atomic E-state index is 0.108. The van der Waals surface area contributed by atoms with Crippen molar-refractivity contribution in [2.75, 3.05) is 0 Å². The van der Waals surface area contributed by atoms with Crippen molar-refractivity contribution in [3.63, 3.8) is 0 Å². The molecule has 2 rings (SSSR count). The molecule has 0 aliphatic rings. The van der Waals surface area contributed by atoms with Gasteiger partial charge in [-0.1, -0.05) is 42.0 Å². The molecule has 0 spiro atoms. The standard InChI is InChI=1S/C19H23NO2/c1-13-9-10-18(15(3)11-13)22-16(4)19(21)20-12-17-8-6-5-7-14(17)2/h5-11,16H,12H2,1-4H3,(H,20,21)/t16-/m0/s1. The van der Waals surface area contributed by atoms with Crippen molar-refractivity contribution in [1.82, 2.24) is 5.32 Å². The Morgan fingerprint density at radius 2 is 1.82 bits per heavy atom. The van der Waals surface area contributed by atoms with Gasteiger partial charge in [0.05, 0.1) is 0 Å². The van der Waals surface area contributed by atoms with Gasteiger partial charge in [0.15, 0.2) is 6.10 Å². The summed E-state index contributed by atoms with van der Waals surface area (Å²) in [4.78, 5) is 12.2. The molecule has 3 nitrogen and oxygen atoms in total. The van der Waals surface area contributed by atoms with Crippen LogP contribution in [-0.2, 0) is 11.3 Å². The molecule has 0 aliphatic carbocycles. The van der Waals surface area contributed by atoms with Gasteiger partial charge in [0.25, 0.3) is 5.91 Å². The van der Waals surface area contributed by atoms with E-state index in [0.29, 0.717) is 6.54 Å². The minimum Gasteiger partial charge on any atom is -0.481 e. The maximum atomic E-state index is 12.2. The van der Waals surface area contributed by atoms with Crippen LogP contribution in [0.15, 0.2) is 42.5 Å². The summed E-state index contributed by atoms with van der Waals surface area (Å²) in [5.74, 6) is 0.646. The van der Waals surface area contributed by atoms with Crippen LogP contribution in [0.4, 0.5) is 0 Å². The summed E-state index contributed by atoms with van der Waals surface area (Å²) in [6, 6.07) is 14.0. The summed E-state index contributed by atoms with van der Waals surface area (Å²) in [7, 11) is 0. The van der Waals surface area contributed by atoms with E-state index in [1.54, 1.807) is 6.92 Å². The molecule has 0 aliphatic heterocycles. The Bertz CT molecular complexity index is 664. The van der Waals surface area contributed by atoms with Crippen LogP contribution < -0.4 is 10.1 Å². The molecular weight excluding hydrogens is 274 g/mol. The van der Waals surface area contributed by atoms with Crippen LogP contribution in [-0.4, -0.2) is 12.0 Å². The predicted octanol–water partition coefficient (Wildman–Crippen LogP) is 3.70. The quantitative estimate of drug-likeness (QED) is 0.914. The Hall–Kier alpha value is -2.29. The van der Waals surface area contributed by atoms with E-state index in [9.17, 15) is 4.79 Å². The number of amides is 1. The fourth-order valence-corrected chi connectivity index (χ4v) is 2.31. The number of aryl methyl sites for hydroxylation is 3. The lowest BCUT2D eigenvalue weighted by molar-refractivity contribution is -0.127. The first-order valence-electron chi connectivity index (χ1n) is 7.53.